The number of hydrogen-bond donors (Lipinski definition) is 2. The smallest absolute Gasteiger partial charge is 0.423 e. The number of hydrogen-bond acceptors (Lipinski definition) is 7. The molecule has 2 N–H and O–H groups in total. The van der Waals surface area contributed by atoms with Crippen molar-refractivity contribution >= 4 is 11.7 Å². The van der Waals surface area contributed by atoms with Gasteiger partial charge >= 0.3 is 12.1 Å². The van der Waals surface area contributed by atoms with Gasteiger partial charge < -0.3 is 24.6 Å². The van der Waals surface area contributed by atoms with Crippen LogP contribution in [-0.2, 0) is 27.0 Å². The number of aliphatic carboxylic acids is 1. The van der Waals surface area contributed by atoms with E-state index in [-0.39, 0.29) is 19.8 Å². The molecule has 0 spiro atoms. The number of aromatic nitrogens is 2. The molecule has 2 aromatic rings. The van der Waals surface area contributed by atoms with Crippen LogP contribution in [0.2, 0.25) is 0 Å². The van der Waals surface area contributed by atoms with Crippen LogP contribution in [0.3, 0.4) is 0 Å². The third-order valence-electron chi connectivity index (χ3n) is 4.09. The van der Waals surface area contributed by atoms with Crippen LogP contribution in [0.1, 0.15) is 11.1 Å². The monoisotopic (exact) mass is 445 g/mol. The Morgan fingerprint density at radius 1 is 1.23 bits per heavy atom. The highest BCUT2D eigenvalue weighted by Gasteiger charge is 2.38. The summed E-state index contributed by atoms with van der Waals surface area (Å²) in [6.07, 6.45) is -4.06. The van der Waals surface area contributed by atoms with E-state index in [0.717, 1.165) is 6.20 Å². The first kappa shape index (κ1) is 24.2. The summed E-state index contributed by atoms with van der Waals surface area (Å²) in [4.78, 5) is 23.1. The molecule has 1 aromatic heterocycles. The first-order valence-electron chi connectivity index (χ1n) is 9.01. The molecule has 1 atom stereocenters. The largest absolute Gasteiger partial charge is 0.497 e. The predicted molar refractivity (Wildman–Crippen MR) is 103 cm³/mol. The van der Waals surface area contributed by atoms with Gasteiger partial charge in [0.1, 0.15) is 17.9 Å². The van der Waals surface area contributed by atoms with Gasteiger partial charge in [0.2, 0.25) is 0 Å². The van der Waals surface area contributed by atoms with Gasteiger partial charge in [-0.05, 0) is 17.7 Å². The number of benzene rings is 1. The summed E-state index contributed by atoms with van der Waals surface area (Å²) in [5.74, 6) is -0.663. The highest BCUT2D eigenvalue weighted by molar-refractivity contribution is 5.68. The second-order valence-corrected chi connectivity index (χ2v) is 6.45. The first-order chi connectivity index (χ1) is 14.7. The Balaban J connectivity index is 2.31. The fourth-order valence-corrected chi connectivity index (χ4v) is 2.73. The minimum absolute atomic E-state index is 0.0914. The summed E-state index contributed by atoms with van der Waals surface area (Å²) >= 11 is 0. The summed E-state index contributed by atoms with van der Waals surface area (Å²) in [7, 11) is 2.80. The lowest BCUT2D eigenvalue weighted by molar-refractivity contribution is -0.142. The van der Waals surface area contributed by atoms with Gasteiger partial charge in [0, 0.05) is 7.11 Å². The fraction of sp³-hybridized carbons (Fsp3) is 0.421. The number of rotatable bonds is 11. The maximum absolute atomic E-state index is 13.7. The summed E-state index contributed by atoms with van der Waals surface area (Å²) in [6.45, 7) is -1.15. The molecule has 0 fully saturated rings. The maximum atomic E-state index is 13.7. The molecule has 0 aliphatic rings. The number of methoxy groups -OCH3 is 2. The molecule has 0 aliphatic heterocycles. The molecule has 1 unspecified atom stereocenters. The van der Waals surface area contributed by atoms with Crippen LogP contribution in [0.15, 0.2) is 35.3 Å². The van der Waals surface area contributed by atoms with Crippen LogP contribution in [0.25, 0.3) is 0 Å². The minimum Gasteiger partial charge on any atom is -0.497 e. The standard InChI is InChI=1S/C19H22F3N3O6/c1-29-9-13(10-31-11-16(26)27)24-15-7-23-25(18(28)17(15)19(20,21)22)8-12-3-5-14(30-2)6-4-12/h3-7,13,24H,8-11H2,1-2H3,(H,26,27). The molecule has 1 heterocycles. The average molecular weight is 445 g/mol. The predicted octanol–water partition coefficient (Wildman–Crippen LogP) is 1.85. The van der Waals surface area contributed by atoms with Crippen molar-refractivity contribution < 1.29 is 37.3 Å². The number of nitrogens with one attached hydrogen (secondary N) is 1. The molecule has 2 rings (SSSR count). The van der Waals surface area contributed by atoms with Crippen molar-refractivity contribution in [2.45, 2.75) is 18.8 Å². The third kappa shape index (κ3) is 6.96. The molecule has 31 heavy (non-hydrogen) atoms. The Hall–Kier alpha value is -3.12. The maximum Gasteiger partial charge on any atom is 0.423 e. The zero-order chi connectivity index (χ0) is 23.0. The Kier molecular flexibility index (Phi) is 8.39. The molecular weight excluding hydrogens is 423 g/mol. The Bertz CT molecular complexity index is 931. The molecule has 0 bridgehead atoms. The van der Waals surface area contributed by atoms with Gasteiger partial charge in [-0.3, -0.25) is 4.79 Å². The van der Waals surface area contributed by atoms with E-state index in [4.69, 9.17) is 19.3 Å². The van der Waals surface area contributed by atoms with E-state index in [9.17, 15) is 22.8 Å². The van der Waals surface area contributed by atoms with Crippen LogP contribution >= 0.6 is 0 Å². The third-order valence-corrected chi connectivity index (χ3v) is 4.09. The number of ether oxygens (including phenoxy) is 3. The van der Waals surface area contributed by atoms with Crippen molar-refractivity contribution in [1.29, 1.82) is 0 Å². The number of anilines is 1. The number of carboxylic acid groups (broad SMARTS) is 1. The SMILES string of the molecule is COCC(COCC(=O)O)Nc1cnn(Cc2ccc(OC)cc2)c(=O)c1C(F)(F)F. The minimum atomic E-state index is -4.95. The highest BCUT2D eigenvalue weighted by atomic mass is 19.4. The van der Waals surface area contributed by atoms with Gasteiger partial charge in [-0.1, -0.05) is 12.1 Å². The molecule has 0 saturated heterocycles. The number of nitrogens with zero attached hydrogens (tertiary/aromatic N) is 2. The Labute approximate surface area is 175 Å². The van der Waals surface area contributed by atoms with E-state index in [0.29, 0.717) is 16.0 Å². The van der Waals surface area contributed by atoms with Crippen molar-refractivity contribution in [3.05, 3.63) is 51.9 Å². The van der Waals surface area contributed by atoms with Gasteiger partial charge in [0.15, 0.2) is 0 Å². The van der Waals surface area contributed by atoms with Gasteiger partial charge in [0.25, 0.3) is 5.56 Å². The van der Waals surface area contributed by atoms with Crippen LogP contribution in [0, 0.1) is 0 Å². The average Bonchev–Trinajstić information content (AvgIpc) is 2.69. The zero-order valence-electron chi connectivity index (χ0n) is 16.8. The van der Waals surface area contributed by atoms with E-state index >= 15 is 0 Å². The Morgan fingerprint density at radius 3 is 2.45 bits per heavy atom. The number of carboxylic acids is 1. The lowest BCUT2D eigenvalue weighted by Gasteiger charge is -2.21. The van der Waals surface area contributed by atoms with Crippen molar-refractivity contribution in [2.75, 3.05) is 39.4 Å². The van der Waals surface area contributed by atoms with E-state index < -0.39 is 41.6 Å². The fourth-order valence-electron chi connectivity index (χ4n) is 2.73. The number of halogens is 3. The number of carbonyl (C=O) groups is 1. The van der Waals surface area contributed by atoms with Crippen molar-refractivity contribution in [3.8, 4) is 5.75 Å². The van der Waals surface area contributed by atoms with Crippen LogP contribution in [0.5, 0.6) is 5.75 Å². The van der Waals surface area contributed by atoms with Crippen molar-refractivity contribution in [1.82, 2.24) is 9.78 Å². The van der Waals surface area contributed by atoms with Crippen molar-refractivity contribution in [2.24, 2.45) is 0 Å². The lowest BCUT2D eigenvalue weighted by atomic mass is 10.2. The normalized spacial score (nSPS) is 12.4. The van der Waals surface area contributed by atoms with Gasteiger partial charge in [-0.2, -0.15) is 18.3 Å². The second kappa shape index (κ2) is 10.8. The zero-order valence-corrected chi connectivity index (χ0v) is 16.8. The van der Waals surface area contributed by atoms with Crippen LogP contribution in [-0.4, -0.2) is 60.9 Å². The first-order valence-corrected chi connectivity index (χ1v) is 9.01. The van der Waals surface area contributed by atoms with Gasteiger partial charge in [-0.15, -0.1) is 0 Å². The van der Waals surface area contributed by atoms with E-state index in [1.54, 1.807) is 24.3 Å². The van der Waals surface area contributed by atoms with E-state index in [1.807, 2.05) is 0 Å². The molecule has 12 heteroatoms. The molecule has 1 aromatic carbocycles. The van der Waals surface area contributed by atoms with E-state index in [1.165, 1.54) is 14.2 Å². The molecule has 9 nitrogen and oxygen atoms in total. The summed E-state index contributed by atoms with van der Waals surface area (Å²) in [6, 6.07) is 5.62. The van der Waals surface area contributed by atoms with Gasteiger partial charge in [0.05, 0.1) is 44.8 Å². The molecule has 0 aliphatic carbocycles. The van der Waals surface area contributed by atoms with Crippen LogP contribution in [0.4, 0.5) is 18.9 Å². The quantitative estimate of drug-likeness (QED) is 0.539. The second-order valence-electron chi connectivity index (χ2n) is 6.45. The molecule has 0 saturated carbocycles. The summed E-state index contributed by atoms with van der Waals surface area (Å²) in [5.41, 5.74) is -2.74. The summed E-state index contributed by atoms with van der Waals surface area (Å²) < 4.78 is 56.6. The summed E-state index contributed by atoms with van der Waals surface area (Å²) in [5, 5.41) is 15.0. The van der Waals surface area contributed by atoms with Gasteiger partial charge in [-0.25, -0.2) is 9.48 Å². The topological polar surface area (TPSA) is 112 Å². The number of alkyl halides is 3. The molecular formula is C19H22F3N3O6. The van der Waals surface area contributed by atoms with Crippen molar-refractivity contribution in [3.63, 3.8) is 0 Å². The lowest BCUT2D eigenvalue weighted by Crippen LogP contribution is -2.36. The van der Waals surface area contributed by atoms with E-state index in [2.05, 4.69) is 10.4 Å². The molecule has 0 amide bonds. The molecule has 0 radical (unpaired) electrons. The van der Waals surface area contributed by atoms with Crippen LogP contribution < -0.4 is 15.6 Å². The highest BCUT2D eigenvalue weighted by Crippen LogP contribution is 2.32. The Morgan fingerprint density at radius 2 is 1.90 bits per heavy atom. The molecule has 170 valence electrons.